The van der Waals surface area contributed by atoms with Crippen molar-refractivity contribution < 1.29 is 0 Å². The van der Waals surface area contributed by atoms with E-state index >= 15 is 0 Å². The van der Waals surface area contributed by atoms with Gasteiger partial charge in [-0.05, 0) is 6.07 Å². The van der Waals surface area contributed by atoms with Crippen molar-refractivity contribution >= 4 is 11.0 Å². The Morgan fingerprint density at radius 1 is 1.42 bits per heavy atom. The molecule has 2 N–H and O–H groups in total. The molecular formula is C7H7N3O2. The van der Waals surface area contributed by atoms with Crippen molar-refractivity contribution in [3.05, 3.63) is 33.1 Å². The minimum absolute atomic E-state index is 0.273. The van der Waals surface area contributed by atoms with Crippen LogP contribution < -0.4 is 11.2 Å². The number of aryl methyl sites for hydroxylation is 1. The van der Waals surface area contributed by atoms with Gasteiger partial charge in [0, 0.05) is 13.2 Å². The molecule has 0 unspecified atom stereocenters. The van der Waals surface area contributed by atoms with Crippen molar-refractivity contribution in [2.45, 2.75) is 0 Å². The lowest BCUT2D eigenvalue weighted by Gasteiger charge is -1.89. The van der Waals surface area contributed by atoms with E-state index in [0.717, 1.165) is 0 Å². The van der Waals surface area contributed by atoms with Gasteiger partial charge in [0.05, 0.1) is 5.52 Å². The Balaban J connectivity index is 3.16. The van der Waals surface area contributed by atoms with Crippen molar-refractivity contribution in [3.8, 4) is 0 Å². The molecule has 0 aromatic carbocycles. The number of fused-ring (bicyclic) bond motifs is 1. The summed E-state index contributed by atoms with van der Waals surface area (Å²) in [6, 6.07) is 1.68. The van der Waals surface area contributed by atoms with Crippen LogP contribution in [0.5, 0.6) is 0 Å². The number of imidazole rings is 1. The molecule has 0 atom stereocenters. The molecule has 5 nitrogen and oxygen atoms in total. The van der Waals surface area contributed by atoms with Gasteiger partial charge in [-0.2, -0.15) is 0 Å². The quantitative estimate of drug-likeness (QED) is 0.555. The molecule has 0 radical (unpaired) electrons. The molecule has 12 heavy (non-hydrogen) atoms. The zero-order valence-corrected chi connectivity index (χ0v) is 6.42. The van der Waals surface area contributed by atoms with Crippen LogP contribution in [0.3, 0.4) is 0 Å². The van der Waals surface area contributed by atoms with Gasteiger partial charge in [0.1, 0.15) is 5.52 Å². The van der Waals surface area contributed by atoms with Gasteiger partial charge in [0.15, 0.2) is 0 Å². The zero-order chi connectivity index (χ0) is 8.72. The summed E-state index contributed by atoms with van der Waals surface area (Å²) in [4.78, 5) is 27.1. The molecule has 2 rings (SSSR count). The third kappa shape index (κ3) is 0.730. The molecule has 2 aromatic rings. The zero-order valence-electron chi connectivity index (χ0n) is 6.42. The van der Waals surface area contributed by atoms with Crippen LogP contribution in [0, 0.1) is 0 Å². The van der Waals surface area contributed by atoms with E-state index in [4.69, 9.17) is 0 Å². The molecule has 0 saturated heterocycles. The lowest BCUT2D eigenvalue weighted by atomic mass is 10.4. The van der Waals surface area contributed by atoms with E-state index in [1.165, 1.54) is 10.8 Å². The summed E-state index contributed by atoms with van der Waals surface area (Å²) in [6.45, 7) is 0. The maximum atomic E-state index is 11.1. The van der Waals surface area contributed by atoms with Crippen LogP contribution in [-0.4, -0.2) is 14.5 Å². The van der Waals surface area contributed by atoms with Gasteiger partial charge >= 0.3 is 5.69 Å². The van der Waals surface area contributed by atoms with Crippen LogP contribution in [0.4, 0.5) is 0 Å². The lowest BCUT2D eigenvalue weighted by Crippen LogP contribution is -2.11. The van der Waals surface area contributed by atoms with Crippen LogP contribution >= 0.6 is 0 Å². The Morgan fingerprint density at radius 2 is 2.17 bits per heavy atom. The van der Waals surface area contributed by atoms with Crippen LogP contribution in [-0.2, 0) is 7.05 Å². The SMILES string of the molecule is Cn1c(=O)[nH]c2c(=O)[nH]ccc21. The largest absolute Gasteiger partial charge is 0.327 e. The molecule has 0 saturated carbocycles. The van der Waals surface area contributed by atoms with Crippen LogP contribution in [0.2, 0.25) is 0 Å². The third-order valence-electron chi connectivity index (χ3n) is 1.84. The van der Waals surface area contributed by atoms with E-state index in [-0.39, 0.29) is 11.2 Å². The van der Waals surface area contributed by atoms with Crippen molar-refractivity contribution in [1.82, 2.24) is 14.5 Å². The maximum Gasteiger partial charge on any atom is 0.326 e. The summed E-state index contributed by atoms with van der Waals surface area (Å²) in [5.74, 6) is 0. The van der Waals surface area contributed by atoms with Gasteiger partial charge < -0.3 is 9.97 Å². The van der Waals surface area contributed by atoms with E-state index < -0.39 is 0 Å². The molecule has 0 bridgehead atoms. The molecule has 0 aliphatic rings. The summed E-state index contributed by atoms with van der Waals surface area (Å²) in [5.41, 5.74) is 0.389. The molecule has 62 valence electrons. The van der Waals surface area contributed by atoms with Gasteiger partial charge in [0.2, 0.25) is 0 Å². The summed E-state index contributed by atoms with van der Waals surface area (Å²) in [5, 5.41) is 0. The lowest BCUT2D eigenvalue weighted by molar-refractivity contribution is 0.891. The number of rotatable bonds is 0. The van der Waals surface area contributed by atoms with Gasteiger partial charge in [-0.15, -0.1) is 0 Å². The second-order valence-electron chi connectivity index (χ2n) is 2.56. The average molecular weight is 165 g/mol. The first-order valence-corrected chi connectivity index (χ1v) is 3.46. The molecule has 0 spiro atoms. The highest BCUT2D eigenvalue weighted by molar-refractivity contribution is 5.73. The third-order valence-corrected chi connectivity index (χ3v) is 1.84. The number of nitrogens with one attached hydrogen (secondary N) is 2. The Kier molecular flexibility index (Phi) is 1.21. The first kappa shape index (κ1) is 6.90. The Bertz CT molecular complexity index is 531. The number of aromatic amines is 2. The topological polar surface area (TPSA) is 70.7 Å². The monoisotopic (exact) mass is 165 g/mol. The first-order chi connectivity index (χ1) is 5.70. The van der Waals surface area contributed by atoms with Gasteiger partial charge in [-0.1, -0.05) is 0 Å². The van der Waals surface area contributed by atoms with Crippen molar-refractivity contribution in [2.75, 3.05) is 0 Å². The number of hydrogen-bond donors (Lipinski definition) is 2. The number of H-pyrrole nitrogens is 2. The predicted molar refractivity (Wildman–Crippen MR) is 44.2 cm³/mol. The molecule has 2 aromatic heterocycles. The normalized spacial score (nSPS) is 10.8. The van der Waals surface area contributed by atoms with Crippen molar-refractivity contribution in [1.29, 1.82) is 0 Å². The highest BCUT2D eigenvalue weighted by Gasteiger charge is 2.03. The smallest absolute Gasteiger partial charge is 0.326 e. The minimum atomic E-state index is -0.276. The maximum absolute atomic E-state index is 11.1. The number of nitrogens with zero attached hydrogens (tertiary/aromatic N) is 1. The number of aromatic nitrogens is 3. The van der Waals surface area contributed by atoms with Gasteiger partial charge in [-0.3, -0.25) is 9.36 Å². The molecule has 0 aliphatic carbocycles. The Labute approximate surface area is 66.7 Å². The van der Waals surface area contributed by atoms with Crippen LogP contribution in [0.15, 0.2) is 21.9 Å². The summed E-state index contributed by atoms with van der Waals surface area (Å²) >= 11 is 0. The predicted octanol–water partition coefficient (Wildman–Crippen LogP) is -0.445. The summed E-state index contributed by atoms with van der Waals surface area (Å²) in [7, 11) is 1.61. The molecule has 5 heteroatoms. The van der Waals surface area contributed by atoms with Crippen molar-refractivity contribution in [2.24, 2.45) is 7.05 Å². The highest BCUT2D eigenvalue weighted by Crippen LogP contribution is 1.99. The molecule has 0 fully saturated rings. The van der Waals surface area contributed by atoms with E-state index in [2.05, 4.69) is 9.97 Å². The fourth-order valence-electron chi connectivity index (χ4n) is 1.17. The van der Waals surface area contributed by atoms with Crippen LogP contribution in [0.25, 0.3) is 11.0 Å². The number of hydrogen-bond acceptors (Lipinski definition) is 2. The fourth-order valence-corrected chi connectivity index (χ4v) is 1.17. The van der Waals surface area contributed by atoms with Crippen LogP contribution in [0.1, 0.15) is 0 Å². The molecular weight excluding hydrogens is 158 g/mol. The van der Waals surface area contributed by atoms with E-state index in [0.29, 0.717) is 11.0 Å². The minimum Gasteiger partial charge on any atom is -0.327 e. The Hall–Kier alpha value is -1.78. The summed E-state index contributed by atoms with van der Waals surface area (Å²) < 4.78 is 1.39. The highest BCUT2D eigenvalue weighted by atomic mass is 16.1. The van der Waals surface area contributed by atoms with Gasteiger partial charge in [0.25, 0.3) is 5.56 Å². The standard InChI is InChI=1S/C7H7N3O2/c1-10-4-2-3-8-6(11)5(4)9-7(10)12/h2-3H,1H3,(H,8,11)(H,9,12). The average Bonchev–Trinajstić information content (AvgIpc) is 2.32. The second-order valence-corrected chi connectivity index (χ2v) is 2.56. The second kappa shape index (κ2) is 2.10. The van der Waals surface area contributed by atoms with E-state index in [1.54, 1.807) is 13.1 Å². The van der Waals surface area contributed by atoms with Crippen molar-refractivity contribution in [3.63, 3.8) is 0 Å². The number of pyridine rings is 1. The van der Waals surface area contributed by atoms with E-state index in [1.807, 2.05) is 0 Å². The molecule has 0 amide bonds. The Morgan fingerprint density at radius 3 is 2.83 bits per heavy atom. The molecule has 0 aliphatic heterocycles. The molecule has 2 heterocycles. The fraction of sp³-hybridized carbons (Fsp3) is 0.143. The summed E-state index contributed by atoms with van der Waals surface area (Å²) in [6.07, 6.45) is 1.51. The first-order valence-electron chi connectivity index (χ1n) is 3.46. The van der Waals surface area contributed by atoms with E-state index in [9.17, 15) is 9.59 Å². The van der Waals surface area contributed by atoms with Gasteiger partial charge in [-0.25, -0.2) is 4.79 Å².